The number of nitrogens with one attached hydrogen (secondary N) is 1. The third-order valence-corrected chi connectivity index (χ3v) is 5.33. The van der Waals surface area contributed by atoms with E-state index in [-0.39, 0.29) is 24.0 Å². The fourth-order valence-corrected chi connectivity index (χ4v) is 3.64. The van der Waals surface area contributed by atoms with Crippen LogP contribution in [0, 0.1) is 5.92 Å². The molecular formula is C23H26N2O3. The molecule has 1 aliphatic heterocycles. The number of hydrogen-bond donors (Lipinski definition) is 1. The number of rotatable bonds is 6. The smallest absolute Gasteiger partial charge is 0.229 e. The van der Waals surface area contributed by atoms with Crippen molar-refractivity contribution < 1.29 is 14.4 Å². The van der Waals surface area contributed by atoms with Crippen LogP contribution in [0.4, 0.5) is 11.4 Å². The van der Waals surface area contributed by atoms with E-state index < -0.39 is 5.92 Å². The third kappa shape index (κ3) is 3.98. The molecule has 1 unspecified atom stereocenters. The monoisotopic (exact) mass is 378 g/mol. The molecule has 146 valence electrons. The van der Waals surface area contributed by atoms with Crippen LogP contribution in [0.15, 0.2) is 42.5 Å². The first-order chi connectivity index (χ1) is 13.4. The van der Waals surface area contributed by atoms with Crippen molar-refractivity contribution in [1.29, 1.82) is 0 Å². The van der Waals surface area contributed by atoms with Gasteiger partial charge in [-0.3, -0.25) is 14.4 Å². The molecule has 0 radical (unpaired) electrons. The van der Waals surface area contributed by atoms with Gasteiger partial charge in [0.2, 0.25) is 11.8 Å². The van der Waals surface area contributed by atoms with Crippen LogP contribution in [0.25, 0.3) is 0 Å². The number of benzene rings is 2. The Morgan fingerprint density at radius 2 is 1.64 bits per heavy atom. The predicted molar refractivity (Wildman–Crippen MR) is 111 cm³/mol. The molecule has 0 bridgehead atoms. The van der Waals surface area contributed by atoms with Gasteiger partial charge in [0.25, 0.3) is 0 Å². The lowest BCUT2D eigenvalue weighted by atomic mass is 10.0. The van der Waals surface area contributed by atoms with Gasteiger partial charge >= 0.3 is 0 Å². The summed E-state index contributed by atoms with van der Waals surface area (Å²) < 4.78 is 0. The van der Waals surface area contributed by atoms with Gasteiger partial charge in [0.05, 0.1) is 5.92 Å². The summed E-state index contributed by atoms with van der Waals surface area (Å²) in [5.74, 6) is -0.602. The molecule has 5 heteroatoms. The van der Waals surface area contributed by atoms with E-state index in [1.54, 1.807) is 29.2 Å². The van der Waals surface area contributed by atoms with Crippen molar-refractivity contribution in [3.63, 3.8) is 0 Å². The highest BCUT2D eigenvalue weighted by molar-refractivity contribution is 6.04. The van der Waals surface area contributed by atoms with Crippen molar-refractivity contribution in [2.75, 3.05) is 16.8 Å². The minimum Gasteiger partial charge on any atom is -0.325 e. The average Bonchev–Trinajstić information content (AvgIpc) is 3.10. The number of nitrogens with zero attached hydrogens (tertiary/aromatic N) is 1. The first-order valence-electron chi connectivity index (χ1n) is 9.77. The van der Waals surface area contributed by atoms with E-state index in [9.17, 15) is 14.4 Å². The number of carbonyl (C=O) groups excluding carboxylic acids is 3. The zero-order valence-corrected chi connectivity index (χ0v) is 16.6. The van der Waals surface area contributed by atoms with Gasteiger partial charge in [0, 0.05) is 29.9 Å². The number of ketones is 1. The van der Waals surface area contributed by atoms with Gasteiger partial charge in [-0.15, -0.1) is 0 Å². The van der Waals surface area contributed by atoms with Crippen LogP contribution in [0.1, 0.15) is 48.7 Å². The van der Waals surface area contributed by atoms with Gasteiger partial charge in [-0.2, -0.15) is 0 Å². The number of anilines is 2. The summed E-state index contributed by atoms with van der Waals surface area (Å²) in [5.41, 5.74) is 4.41. The lowest BCUT2D eigenvalue weighted by molar-refractivity contribution is -0.122. The molecule has 1 atom stereocenters. The Kier molecular flexibility index (Phi) is 5.93. The molecule has 2 aromatic carbocycles. The van der Waals surface area contributed by atoms with E-state index in [1.165, 1.54) is 6.92 Å². The van der Waals surface area contributed by atoms with E-state index in [0.717, 1.165) is 29.7 Å². The number of amides is 2. The Morgan fingerprint density at radius 3 is 2.18 bits per heavy atom. The molecule has 1 N–H and O–H groups in total. The maximum Gasteiger partial charge on any atom is 0.229 e. The van der Waals surface area contributed by atoms with Crippen molar-refractivity contribution in [2.24, 2.45) is 5.92 Å². The van der Waals surface area contributed by atoms with Gasteiger partial charge in [0.15, 0.2) is 5.78 Å². The normalized spacial score (nSPS) is 16.3. The molecule has 28 heavy (non-hydrogen) atoms. The van der Waals surface area contributed by atoms with Gasteiger partial charge in [-0.05, 0) is 55.2 Å². The highest BCUT2D eigenvalue weighted by Gasteiger charge is 2.35. The molecule has 0 aromatic heterocycles. The Balaban J connectivity index is 1.75. The van der Waals surface area contributed by atoms with Crippen LogP contribution in [-0.2, 0) is 22.4 Å². The van der Waals surface area contributed by atoms with Crippen LogP contribution in [-0.4, -0.2) is 24.1 Å². The number of hydrogen-bond acceptors (Lipinski definition) is 3. The predicted octanol–water partition coefficient (Wildman–Crippen LogP) is 4.01. The van der Waals surface area contributed by atoms with Crippen LogP contribution < -0.4 is 10.2 Å². The molecule has 2 amide bonds. The molecule has 0 saturated carbocycles. The van der Waals surface area contributed by atoms with Crippen LogP contribution >= 0.6 is 0 Å². The lowest BCUT2D eigenvalue weighted by Crippen LogP contribution is -2.28. The van der Waals surface area contributed by atoms with Crippen LogP contribution in [0.3, 0.4) is 0 Å². The first-order valence-corrected chi connectivity index (χ1v) is 9.77. The second kappa shape index (κ2) is 8.38. The van der Waals surface area contributed by atoms with Gasteiger partial charge in [-0.25, -0.2) is 0 Å². The maximum absolute atomic E-state index is 12.9. The summed E-state index contributed by atoms with van der Waals surface area (Å²) in [6.07, 6.45) is 1.86. The second-order valence-electron chi connectivity index (χ2n) is 7.16. The first kappa shape index (κ1) is 19.8. The van der Waals surface area contributed by atoms with Crippen molar-refractivity contribution in [3.8, 4) is 0 Å². The Hall–Kier alpha value is -2.95. The zero-order valence-electron chi connectivity index (χ0n) is 16.6. The molecule has 5 nitrogen and oxygen atoms in total. The van der Waals surface area contributed by atoms with Gasteiger partial charge in [-0.1, -0.05) is 32.0 Å². The highest BCUT2D eigenvalue weighted by atomic mass is 16.2. The molecular weight excluding hydrogens is 352 g/mol. The van der Waals surface area contributed by atoms with E-state index in [4.69, 9.17) is 0 Å². The van der Waals surface area contributed by atoms with Gasteiger partial charge < -0.3 is 10.2 Å². The number of carbonyl (C=O) groups is 3. The molecule has 1 aliphatic rings. The summed E-state index contributed by atoms with van der Waals surface area (Å²) in [4.78, 5) is 38.4. The Bertz CT molecular complexity index is 880. The lowest BCUT2D eigenvalue weighted by Gasteiger charge is -2.18. The summed E-state index contributed by atoms with van der Waals surface area (Å²) >= 11 is 0. The van der Waals surface area contributed by atoms with Crippen molar-refractivity contribution in [2.45, 2.75) is 40.0 Å². The molecule has 2 aromatic rings. The van der Waals surface area contributed by atoms with Crippen molar-refractivity contribution in [3.05, 3.63) is 59.2 Å². The SMILES string of the molecule is CCc1cccc(CC)c1NC(=O)C1CC(=O)N(c2ccc(C(C)=O)cc2)C1. The highest BCUT2D eigenvalue weighted by Crippen LogP contribution is 2.28. The number of aryl methyl sites for hydroxylation is 2. The topological polar surface area (TPSA) is 66.5 Å². The summed E-state index contributed by atoms with van der Waals surface area (Å²) in [6, 6.07) is 13.0. The average molecular weight is 378 g/mol. The maximum atomic E-state index is 12.9. The van der Waals surface area contributed by atoms with Crippen molar-refractivity contribution >= 4 is 29.0 Å². The second-order valence-corrected chi connectivity index (χ2v) is 7.16. The minimum atomic E-state index is -0.394. The van der Waals surface area contributed by atoms with E-state index >= 15 is 0 Å². The van der Waals surface area contributed by atoms with Crippen LogP contribution in [0.2, 0.25) is 0 Å². The standard InChI is InChI=1S/C23H26N2O3/c1-4-16-7-6-8-17(5-2)22(16)24-23(28)19-13-21(27)25(14-19)20-11-9-18(10-12-20)15(3)26/h6-12,19H,4-5,13-14H2,1-3H3,(H,24,28). The molecule has 1 heterocycles. The quantitative estimate of drug-likeness (QED) is 0.773. The Morgan fingerprint density at radius 1 is 1.04 bits per heavy atom. The fourth-order valence-electron chi connectivity index (χ4n) is 3.64. The molecule has 3 rings (SSSR count). The summed E-state index contributed by atoms with van der Waals surface area (Å²) in [6.45, 7) is 5.99. The van der Waals surface area contributed by atoms with E-state index in [0.29, 0.717) is 17.8 Å². The zero-order chi connectivity index (χ0) is 20.3. The summed E-state index contributed by atoms with van der Waals surface area (Å²) in [7, 11) is 0. The van der Waals surface area contributed by atoms with Gasteiger partial charge in [0.1, 0.15) is 0 Å². The minimum absolute atomic E-state index is 0.0159. The van der Waals surface area contributed by atoms with E-state index in [1.807, 2.05) is 18.2 Å². The number of Topliss-reactive ketones (excluding diaryl/α,β-unsaturated/α-hetero) is 1. The molecule has 1 fully saturated rings. The third-order valence-electron chi connectivity index (χ3n) is 5.33. The van der Waals surface area contributed by atoms with Crippen molar-refractivity contribution in [1.82, 2.24) is 0 Å². The van der Waals surface area contributed by atoms with Crippen LogP contribution in [0.5, 0.6) is 0 Å². The number of para-hydroxylation sites is 1. The Labute approximate surface area is 165 Å². The molecule has 0 spiro atoms. The largest absolute Gasteiger partial charge is 0.325 e. The molecule has 0 aliphatic carbocycles. The summed E-state index contributed by atoms with van der Waals surface area (Å²) in [5, 5.41) is 3.08. The fraction of sp³-hybridized carbons (Fsp3) is 0.348. The molecule has 1 saturated heterocycles. The van der Waals surface area contributed by atoms with E-state index in [2.05, 4.69) is 19.2 Å².